The second-order valence-electron chi connectivity index (χ2n) is 18.0. The molecule has 320 valence electrons. The van der Waals surface area contributed by atoms with Crippen LogP contribution in [0, 0.1) is 17.8 Å². The molecule has 1 fully saturated rings. The summed E-state index contributed by atoms with van der Waals surface area (Å²) in [5.41, 5.74) is 4.37. The maximum absolute atomic E-state index is 14.6. The molecule has 5 amide bonds. The fourth-order valence-electron chi connectivity index (χ4n) is 7.85. The minimum atomic E-state index is -1.14. The number of aliphatic hydroxyl groups is 1. The number of hydrogen-bond acceptors (Lipinski definition) is 7. The van der Waals surface area contributed by atoms with Crippen LogP contribution < -0.4 is 16.0 Å². The Kier molecular flexibility index (Phi) is 15.1. The Balaban J connectivity index is 1.42. The van der Waals surface area contributed by atoms with Gasteiger partial charge in [0.05, 0.1) is 24.9 Å². The van der Waals surface area contributed by atoms with Crippen molar-refractivity contribution in [1.29, 1.82) is 0 Å². The van der Waals surface area contributed by atoms with Crippen LogP contribution in [0.1, 0.15) is 70.2 Å². The van der Waals surface area contributed by atoms with Crippen molar-refractivity contribution in [2.24, 2.45) is 10.8 Å². The van der Waals surface area contributed by atoms with Crippen molar-refractivity contribution in [2.75, 3.05) is 20.2 Å². The zero-order chi connectivity index (χ0) is 43.6. The molecule has 0 radical (unpaired) electrons. The molecule has 1 saturated heterocycles. The smallest absolute Gasteiger partial charge is 0.407 e. The summed E-state index contributed by atoms with van der Waals surface area (Å²) in [5, 5.41) is 21.2. The molecule has 12 nitrogen and oxygen atoms in total. The summed E-state index contributed by atoms with van der Waals surface area (Å²) in [7, 11) is 1.24. The van der Waals surface area contributed by atoms with Crippen molar-refractivity contribution in [3.8, 4) is 11.3 Å². The van der Waals surface area contributed by atoms with E-state index in [1.807, 2.05) is 139 Å². The highest BCUT2D eigenvalue weighted by molar-refractivity contribution is 5.89. The molecule has 1 aliphatic rings. The third kappa shape index (κ3) is 12.4. The second kappa shape index (κ2) is 20.0. The molecule has 60 heavy (non-hydrogen) atoms. The van der Waals surface area contributed by atoms with E-state index in [1.165, 1.54) is 7.11 Å². The van der Waals surface area contributed by atoms with Crippen LogP contribution in [0.4, 0.5) is 9.59 Å². The number of nitrogens with zero attached hydrogens (tertiary/aromatic N) is 3. The number of carbonyl (C=O) groups excluding carboxylic acids is 4. The number of urea groups is 1. The van der Waals surface area contributed by atoms with Gasteiger partial charge in [-0.3, -0.25) is 14.6 Å². The average Bonchev–Trinajstić information content (AvgIpc) is 3.54. The Hall–Kier alpha value is -5.75. The van der Waals surface area contributed by atoms with Gasteiger partial charge >= 0.3 is 12.1 Å². The minimum Gasteiger partial charge on any atom is -0.453 e. The van der Waals surface area contributed by atoms with Crippen molar-refractivity contribution in [3.63, 3.8) is 0 Å². The van der Waals surface area contributed by atoms with Crippen molar-refractivity contribution < 1.29 is 29.0 Å². The molecule has 4 aromatic rings. The summed E-state index contributed by atoms with van der Waals surface area (Å²) in [5.74, 6) is -0.802. The van der Waals surface area contributed by atoms with Crippen LogP contribution in [0.3, 0.4) is 0 Å². The third-order valence-electron chi connectivity index (χ3n) is 10.9. The van der Waals surface area contributed by atoms with E-state index in [9.17, 15) is 24.3 Å². The predicted octanol–water partition coefficient (Wildman–Crippen LogP) is 6.69. The highest BCUT2D eigenvalue weighted by Gasteiger charge is 2.44. The zero-order valence-corrected chi connectivity index (χ0v) is 36.3. The zero-order valence-electron chi connectivity index (χ0n) is 36.3. The number of alkyl carbamates (subject to hydrolysis) is 1. The van der Waals surface area contributed by atoms with Crippen LogP contribution in [-0.4, -0.2) is 94.3 Å². The number of nitrogens with one attached hydrogen (secondary N) is 3. The van der Waals surface area contributed by atoms with Gasteiger partial charge in [-0.25, -0.2) is 9.59 Å². The number of aromatic nitrogens is 1. The van der Waals surface area contributed by atoms with Crippen LogP contribution in [0.5, 0.6) is 0 Å². The lowest BCUT2D eigenvalue weighted by molar-refractivity contribution is -0.131. The van der Waals surface area contributed by atoms with Crippen LogP contribution >= 0.6 is 0 Å². The summed E-state index contributed by atoms with van der Waals surface area (Å²) in [6, 6.07) is 27.8. The summed E-state index contributed by atoms with van der Waals surface area (Å²) in [6.45, 7) is 14.7. The molecule has 5 atom stereocenters. The lowest BCUT2D eigenvalue weighted by Gasteiger charge is -2.38. The van der Waals surface area contributed by atoms with Crippen LogP contribution in [0.25, 0.3) is 11.3 Å². The molecule has 4 N–H and O–H groups in total. The number of rotatable bonds is 16. The molecular formula is C48H62N6O6. The van der Waals surface area contributed by atoms with Gasteiger partial charge in [-0.1, -0.05) is 132 Å². The molecular weight excluding hydrogens is 757 g/mol. The number of benzene rings is 3. The first-order valence-corrected chi connectivity index (χ1v) is 20.7. The maximum atomic E-state index is 14.6. The molecule has 0 saturated carbocycles. The number of aryl methyl sites for hydroxylation is 1. The number of pyridine rings is 1. The Morgan fingerprint density at radius 1 is 0.767 bits per heavy atom. The van der Waals surface area contributed by atoms with Gasteiger partial charge in [0.1, 0.15) is 12.1 Å². The molecule has 2 heterocycles. The van der Waals surface area contributed by atoms with Crippen LogP contribution in [0.2, 0.25) is 0 Å². The van der Waals surface area contributed by atoms with E-state index >= 15 is 0 Å². The van der Waals surface area contributed by atoms with E-state index in [2.05, 4.69) is 27.0 Å². The number of aliphatic hydroxyl groups excluding tert-OH is 1. The average molecular weight is 819 g/mol. The highest BCUT2D eigenvalue weighted by Crippen LogP contribution is 2.30. The molecule has 0 aliphatic carbocycles. The molecule has 0 bridgehead atoms. The van der Waals surface area contributed by atoms with Crippen molar-refractivity contribution in [2.45, 2.75) is 105 Å². The number of carbonyl (C=O) groups is 4. The van der Waals surface area contributed by atoms with Gasteiger partial charge in [0.15, 0.2) is 0 Å². The van der Waals surface area contributed by atoms with E-state index in [-0.39, 0.29) is 18.4 Å². The standard InChI is InChI=1S/C48H62N6O6/c1-32-15-14-18-35(27-32)31-53-25-26-54(46(53)59)42(48(5,6)7)44(57)51-39(29-33-16-10-9-11-17-33)40(55)30-37(50-43(56)41(47(2,3)4)52-45(58)60-8)28-34-20-22-36(23-21-34)38-19-12-13-24-49-38/h9-24,27,37,39-42,55H,25-26,28-31H2,1-8H3,(H,50,56)(H,51,57)(H,52,58)/t37-,39+,40+,41?,42-/m1/s1. The predicted molar refractivity (Wildman–Crippen MR) is 234 cm³/mol. The van der Waals surface area contributed by atoms with Gasteiger partial charge in [-0.2, -0.15) is 0 Å². The second-order valence-corrected chi connectivity index (χ2v) is 18.0. The Morgan fingerprint density at radius 3 is 2.05 bits per heavy atom. The molecule has 3 aromatic carbocycles. The lowest BCUT2D eigenvalue weighted by Crippen LogP contribution is -2.59. The van der Waals surface area contributed by atoms with Gasteiger partial charge in [-0.15, -0.1) is 0 Å². The lowest BCUT2D eigenvalue weighted by atomic mass is 9.84. The Morgan fingerprint density at radius 2 is 1.43 bits per heavy atom. The molecule has 1 aliphatic heterocycles. The quantitative estimate of drug-likeness (QED) is 0.0984. The van der Waals surface area contributed by atoms with E-state index in [0.29, 0.717) is 32.5 Å². The summed E-state index contributed by atoms with van der Waals surface area (Å²) in [6.07, 6.45) is 0.570. The van der Waals surface area contributed by atoms with Gasteiger partial charge < -0.3 is 35.6 Å². The number of methoxy groups -OCH3 is 1. The Labute approximate surface area is 355 Å². The van der Waals surface area contributed by atoms with E-state index < -0.39 is 53.1 Å². The third-order valence-corrected chi connectivity index (χ3v) is 10.9. The Bertz CT molecular complexity index is 2050. The fourth-order valence-corrected chi connectivity index (χ4v) is 7.85. The van der Waals surface area contributed by atoms with Crippen LogP contribution in [0.15, 0.2) is 103 Å². The van der Waals surface area contributed by atoms with E-state index in [0.717, 1.165) is 33.5 Å². The SMILES string of the molecule is COC(=O)NC(C(=O)N[C@H](Cc1ccc(-c2ccccn2)cc1)C[C@H](O)[C@H](Cc1ccccc1)NC(=O)[C@@H](N1CCN(Cc2cccc(C)c2)C1=O)C(C)(C)C)C(C)(C)C. The van der Waals surface area contributed by atoms with Gasteiger partial charge in [0.2, 0.25) is 11.8 Å². The maximum Gasteiger partial charge on any atom is 0.407 e. The summed E-state index contributed by atoms with van der Waals surface area (Å²) >= 11 is 0. The molecule has 1 aromatic heterocycles. The minimum absolute atomic E-state index is 0.0632. The van der Waals surface area contributed by atoms with Crippen molar-refractivity contribution in [3.05, 3.63) is 126 Å². The van der Waals surface area contributed by atoms with Crippen LogP contribution in [-0.2, 0) is 33.7 Å². The normalized spacial score (nSPS) is 15.7. The first-order valence-electron chi connectivity index (χ1n) is 20.7. The number of hydrogen-bond donors (Lipinski definition) is 4. The summed E-state index contributed by atoms with van der Waals surface area (Å²) in [4.78, 5) is 62.9. The monoisotopic (exact) mass is 818 g/mol. The van der Waals surface area contributed by atoms with Crippen molar-refractivity contribution in [1.82, 2.24) is 30.7 Å². The number of amides is 5. The largest absolute Gasteiger partial charge is 0.453 e. The molecule has 12 heteroatoms. The first kappa shape index (κ1) is 45.3. The molecule has 0 spiro atoms. The summed E-state index contributed by atoms with van der Waals surface area (Å²) < 4.78 is 4.84. The molecule has 1 unspecified atom stereocenters. The number of ether oxygens (including phenoxy) is 1. The van der Waals surface area contributed by atoms with Gasteiger partial charge in [-0.05, 0) is 65.8 Å². The first-order chi connectivity index (χ1) is 28.4. The molecule has 5 rings (SSSR count). The topological polar surface area (TPSA) is 153 Å². The fraction of sp³-hybridized carbons (Fsp3) is 0.438. The van der Waals surface area contributed by atoms with Gasteiger partial charge in [0, 0.05) is 37.4 Å². The van der Waals surface area contributed by atoms with Gasteiger partial charge in [0.25, 0.3) is 0 Å². The van der Waals surface area contributed by atoms with Crippen molar-refractivity contribution >= 4 is 23.9 Å². The van der Waals surface area contributed by atoms with E-state index in [4.69, 9.17) is 4.74 Å². The highest BCUT2D eigenvalue weighted by atomic mass is 16.5. The van der Waals surface area contributed by atoms with E-state index in [1.54, 1.807) is 16.0 Å².